The molecular weight excluding hydrogens is 1010 g/mol. The van der Waals surface area contributed by atoms with Gasteiger partial charge in [0.05, 0.1) is 16.7 Å². The summed E-state index contributed by atoms with van der Waals surface area (Å²) in [7, 11) is 0. The molecule has 0 saturated carbocycles. The molecule has 1 aliphatic carbocycles. The Morgan fingerprint density at radius 2 is 0.928 bits per heavy atom. The lowest BCUT2D eigenvalue weighted by atomic mass is 9.82. The van der Waals surface area contributed by atoms with E-state index in [-0.39, 0.29) is 5.41 Å². The molecule has 18 rings (SSSR count). The second kappa shape index (κ2) is 17.2. The van der Waals surface area contributed by atoms with Gasteiger partial charge in [-0.3, -0.25) is 0 Å². The molecule has 4 heteroatoms. The topological polar surface area (TPSA) is 34.5 Å². The molecule has 0 radical (unpaired) electrons. The van der Waals surface area contributed by atoms with Crippen molar-refractivity contribution < 1.29 is 8.83 Å². The Balaban J connectivity index is 0.895. The van der Waals surface area contributed by atoms with Crippen LogP contribution in [0.5, 0.6) is 0 Å². The van der Waals surface area contributed by atoms with Gasteiger partial charge in [-0.2, -0.15) is 0 Å². The number of hydrogen-bond donors (Lipinski definition) is 0. The first-order valence-corrected chi connectivity index (χ1v) is 28.7. The van der Waals surface area contributed by atoms with Crippen LogP contribution >= 0.6 is 0 Å². The van der Waals surface area contributed by atoms with Gasteiger partial charge in [0.1, 0.15) is 16.7 Å². The van der Waals surface area contributed by atoms with Gasteiger partial charge in [0.2, 0.25) is 0 Å². The Morgan fingerprint density at radius 3 is 1.78 bits per heavy atom. The highest BCUT2D eigenvalue weighted by Crippen LogP contribution is 2.53. The lowest BCUT2D eigenvalue weighted by Gasteiger charge is -2.29. The van der Waals surface area contributed by atoms with E-state index in [1.54, 1.807) is 0 Å². The van der Waals surface area contributed by atoms with Crippen molar-refractivity contribution >= 4 is 126 Å². The van der Waals surface area contributed by atoms with E-state index in [1.165, 1.54) is 70.7 Å². The van der Waals surface area contributed by atoms with E-state index in [2.05, 4.69) is 284 Å². The smallest absolute Gasteiger partial charge is 0.159 e. The summed E-state index contributed by atoms with van der Waals surface area (Å²) >= 11 is 0. The van der Waals surface area contributed by atoms with Crippen molar-refractivity contribution in [3.05, 3.63) is 278 Å². The average Bonchev–Trinajstić information content (AvgIpc) is 3.49. The molecule has 0 fully saturated rings. The van der Waals surface area contributed by atoms with Crippen LogP contribution in [0.15, 0.2) is 276 Å². The van der Waals surface area contributed by atoms with Gasteiger partial charge in [0.15, 0.2) is 5.58 Å². The fraction of sp³-hybridized carbons (Fsp3) is 0.0380. The molecule has 0 saturated heterocycles. The van der Waals surface area contributed by atoms with Crippen LogP contribution in [-0.2, 0) is 5.41 Å². The highest BCUT2D eigenvalue weighted by Gasteiger charge is 2.36. The Labute approximate surface area is 477 Å². The van der Waals surface area contributed by atoms with E-state index in [1.807, 2.05) is 6.07 Å². The Morgan fingerprint density at radius 1 is 0.313 bits per heavy atom. The molecule has 0 unspecified atom stereocenters. The van der Waals surface area contributed by atoms with Crippen LogP contribution in [0.2, 0.25) is 0 Å². The predicted octanol–water partition coefficient (Wildman–Crippen LogP) is 22.3. The maximum Gasteiger partial charge on any atom is 0.159 e. The molecule has 3 aromatic heterocycles. The molecule has 83 heavy (non-hydrogen) atoms. The summed E-state index contributed by atoms with van der Waals surface area (Å²) < 4.78 is 16.0. The first kappa shape index (κ1) is 46.1. The minimum atomic E-state index is -0.235. The summed E-state index contributed by atoms with van der Waals surface area (Å²) in [4.78, 5) is 2.48. The van der Waals surface area contributed by atoms with Crippen molar-refractivity contribution in [3.63, 3.8) is 0 Å². The molecule has 17 aromatic rings. The van der Waals surface area contributed by atoms with Gasteiger partial charge >= 0.3 is 0 Å². The lowest BCUT2D eigenvalue weighted by molar-refractivity contribution is 0.660. The molecule has 388 valence electrons. The fourth-order valence-corrected chi connectivity index (χ4v) is 14.3. The number of aromatic nitrogens is 1. The van der Waals surface area contributed by atoms with E-state index in [9.17, 15) is 0 Å². The Bertz CT molecular complexity index is 5630. The fourth-order valence-electron chi connectivity index (χ4n) is 14.3. The first-order valence-electron chi connectivity index (χ1n) is 28.7. The van der Waals surface area contributed by atoms with Crippen LogP contribution in [0, 0.1) is 0 Å². The van der Waals surface area contributed by atoms with Crippen LogP contribution < -0.4 is 4.90 Å². The molecule has 3 heterocycles. The van der Waals surface area contributed by atoms with Crippen LogP contribution in [-0.4, -0.2) is 4.57 Å². The number of para-hydroxylation sites is 3. The lowest BCUT2D eigenvalue weighted by Crippen LogP contribution is -2.16. The third kappa shape index (κ3) is 6.75. The maximum atomic E-state index is 7.18. The zero-order valence-corrected chi connectivity index (χ0v) is 45.6. The van der Waals surface area contributed by atoms with Gasteiger partial charge in [-0.15, -0.1) is 0 Å². The summed E-state index contributed by atoms with van der Waals surface area (Å²) in [5, 5.41) is 16.5. The molecule has 14 aromatic carbocycles. The van der Waals surface area contributed by atoms with E-state index in [0.29, 0.717) is 0 Å². The monoisotopic (exact) mass is 1060 g/mol. The summed E-state index contributed by atoms with van der Waals surface area (Å²) in [5.41, 5.74) is 19.4. The molecule has 0 bridgehead atoms. The zero-order valence-electron chi connectivity index (χ0n) is 45.6. The predicted molar refractivity (Wildman–Crippen MR) is 348 cm³/mol. The van der Waals surface area contributed by atoms with Gasteiger partial charge in [0, 0.05) is 54.8 Å². The van der Waals surface area contributed by atoms with E-state index < -0.39 is 0 Å². The molecule has 0 aliphatic heterocycles. The summed E-state index contributed by atoms with van der Waals surface area (Å²) in [5.74, 6) is 0. The quantitative estimate of drug-likeness (QED) is 0.156. The normalized spacial score (nSPS) is 13.0. The molecule has 0 spiro atoms. The maximum absolute atomic E-state index is 7.18. The second-order valence-electron chi connectivity index (χ2n) is 23.2. The van der Waals surface area contributed by atoms with Crippen molar-refractivity contribution in [2.24, 2.45) is 0 Å². The number of anilines is 3. The molecule has 0 amide bonds. The Hall–Kier alpha value is -10.7. The highest BCUT2D eigenvalue weighted by atomic mass is 16.3. The van der Waals surface area contributed by atoms with E-state index in [4.69, 9.17) is 8.83 Å². The van der Waals surface area contributed by atoms with Crippen molar-refractivity contribution in [3.8, 4) is 39.1 Å². The van der Waals surface area contributed by atoms with E-state index >= 15 is 0 Å². The highest BCUT2D eigenvalue weighted by molar-refractivity contribution is 6.19. The number of fused-ring (bicyclic) bond motifs is 18. The van der Waals surface area contributed by atoms with Crippen LogP contribution in [0.3, 0.4) is 0 Å². The minimum absolute atomic E-state index is 0.235. The standard InChI is InChI=1S/C79H50N2O2/c1-79(2)70-23-11-7-19-60(70)61-37-32-54(46-71(61)79)80(74-43-52(41-69-65-22-10-14-26-76(65)83-78(69)74)49-28-27-48-30-34-58-56-17-5-3-15-47(56)29-35-59(58)66(48)40-49)55-39-50-16-4-6-18-57(50)67(45-55)51-31-36-63-62-20-8-12-24-72(62)81(73(63)42-51)53-33-38-77-68(44-53)64-21-9-13-25-75(64)82-77/h3-46H,1-2H3. The largest absolute Gasteiger partial charge is 0.456 e. The number of rotatable bonds is 6. The summed E-state index contributed by atoms with van der Waals surface area (Å²) in [6.45, 7) is 4.74. The molecular formula is C79H50N2O2. The van der Waals surface area contributed by atoms with Gasteiger partial charge in [-0.1, -0.05) is 196 Å². The Kier molecular flexibility index (Phi) is 9.54. The van der Waals surface area contributed by atoms with Crippen molar-refractivity contribution in [1.29, 1.82) is 0 Å². The average molecular weight is 1060 g/mol. The number of furan rings is 2. The van der Waals surface area contributed by atoms with Crippen molar-refractivity contribution in [2.45, 2.75) is 19.3 Å². The number of hydrogen-bond acceptors (Lipinski definition) is 3. The van der Waals surface area contributed by atoms with Crippen LogP contribution in [0.25, 0.3) is 148 Å². The van der Waals surface area contributed by atoms with Gasteiger partial charge in [-0.05, 0) is 173 Å². The molecule has 1 aliphatic rings. The third-order valence-electron chi connectivity index (χ3n) is 18.3. The SMILES string of the molecule is CC1(C)c2ccccc2-c2ccc(N(c3cc(-c4ccc5c6ccccc6n(-c6ccc7oc8ccccc8c7c6)c5c4)c4ccccc4c3)c3cc(-c4ccc5ccc6c7ccccc7ccc6c5c4)cc4c3oc3ccccc34)cc21. The third-order valence-corrected chi connectivity index (χ3v) is 18.3. The van der Waals surface area contributed by atoms with Crippen molar-refractivity contribution in [2.75, 3.05) is 4.90 Å². The molecule has 0 atom stereocenters. The number of benzene rings is 14. The molecule has 0 N–H and O–H groups in total. The minimum Gasteiger partial charge on any atom is -0.456 e. The van der Waals surface area contributed by atoms with Crippen molar-refractivity contribution in [1.82, 2.24) is 4.57 Å². The van der Waals surface area contributed by atoms with Crippen LogP contribution in [0.4, 0.5) is 17.1 Å². The van der Waals surface area contributed by atoms with Gasteiger partial charge in [0.25, 0.3) is 0 Å². The second-order valence-corrected chi connectivity index (χ2v) is 23.2. The summed E-state index contributed by atoms with van der Waals surface area (Å²) in [6.07, 6.45) is 0. The van der Waals surface area contributed by atoms with Gasteiger partial charge < -0.3 is 18.3 Å². The summed E-state index contributed by atoms with van der Waals surface area (Å²) in [6, 6.07) is 98.5. The molecule has 4 nitrogen and oxygen atoms in total. The first-order chi connectivity index (χ1) is 40.9. The number of nitrogens with zero attached hydrogens (tertiary/aromatic N) is 2. The zero-order chi connectivity index (χ0) is 54.7. The van der Waals surface area contributed by atoms with E-state index in [0.717, 1.165) is 105 Å². The van der Waals surface area contributed by atoms with Crippen LogP contribution in [0.1, 0.15) is 25.0 Å². The van der Waals surface area contributed by atoms with Gasteiger partial charge in [-0.25, -0.2) is 0 Å².